The van der Waals surface area contributed by atoms with Crippen LogP contribution >= 0.6 is 23.2 Å². The summed E-state index contributed by atoms with van der Waals surface area (Å²) < 4.78 is 4.89. The number of esters is 1. The predicted molar refractivity (Wildman–Crippen MR) is 154 cm³/mol. The number of carbonyl (C=O) groups excluding carboxylic acids is 4. The maximum absolute atomic E-state index is 13.4. The first-order valence-corrected chi connectivity index (χ1v) is 13.3. The molecule has 0 fully saturated rings. The smallest absolute Gasteiger partial charge is 0.330 e. The summed E-state index contributed by atoms with van der Waals surface area (Å²) in [6.07, 6.45) is 2.94. The van der Waals surface area contributed by atoms with Crippen LogP contribution in [0.4, 0.5) is 0 Å². The molecule has 2 atom stereocenters. The number of hydrogen-bond donors (Lipinski definition) is 4. The number of carbonyl (C=O) groups is 4. The zero-order chi connectivity index (χ0) is 29.1. The van der Waals surface area contributed by atoms with Crippen LogP contribution in [-0.4, -0.2) is 47.4 Å². The molecule has 0 aliphatic heterocycles. The molecular formula is C29H30Cl2N4O5. The van der Waals surface area contributed by atoms with E-state index in [1.54, 1.807) is 37.3 Å². The zero-order valence-electron chi connectivity index (χ0n) is 21.8. The molecule has 5 N–H and O–H groups in total. The lowest BCUT2D eigenvalue weighted by atomic mass is 10.0. The SMILES string of the molecule is CCOC(=O)/C=C/C(CCC(N)=O)NC(=O)C(Cc1ccccc1)NC(=O)c1ccc(-c2cccc(Cl)c2Cl)[nH]1. The highest BCUT2D eigenvalue weighted by Gasteiger charge is 2.25. The van der Waals surface area contributed by atoms with Gasteiger partial charge in [0.25, 0.3) is 5.91 Å². The fraction of sp³-hybridized carbons (Fsp3) is 0.241. The molecule has 1 aromatic heterocycles. The Morgan fingerprint density at radius 2 is 1.75 bits per heavy atom. The quantitative estimate of drug-likeness (QED) is 0.176. The average Bonchev–Trinajstić information content (AvgIpc) is 3.42. The molecule has 2 aromatic carbocycles. The lowest BCUT2D eigenvalue weighted by Gasteiger charge is -2.22. The maximum Gasteiger partial charge on any atom is 0.330 e. The molecule has 3 amide bonds. The highest BCUT2D eigenvalue weighted by Crippen LogP contribution is 2.32. The summed E-state index contributed by atoms with van der Waals surface area (Å²) in [5, 5.41) is 6.29. The second-order valence-corrected chi connectivity index (χ2v) is 9.62. The van der Waals surface area contributed by atoms with E-state index < -0.39 is 35.8 Å². The number of aromatic nitrogens is 1. The summed E-state index contributed by atoms with van der Waals surface area (Å²) in [4.78, 5) is 52.8. The fourth-order valence-corrected chi connectivity index (χ4v) is 4.28. The standard InChI is InChI=1S/C29H30Cl2N4O5/c1-2-40-26(37)16-12-19(11-15-25(32)36)33-29(39)24(17-18-7-4-3-5-8-18)35-28(38)23-14-13-22(34-23)20-9-6-10-21(30)27(20)31/h3-10,12-14,16,19,24,34H,2,11,15,17H2,1H3,(H2,32,36)(H,33,39)(H,35,38)/b16-12+. The largest absolute Gasteiger partial charge is 0.463 e. The number of hydrogen-bond acceptors (Lipinski definition) is 5. The number of ether oxygens (including phenoxy) is 1. The Bertz CT molecular complexity index is 1370. The molecule has 9 nitrogen and oxygen atoms in total. The van der Waals surface area contributed by atoms with Crippen LogP contribution in [0.15, 0.2) is 72.8 Å². The molecule has 0 bridgehead atoms. The molecular weight excluding hydrogens is 555 g/mol. The van der Waals surface area contributed by atoms with E-state index in [9.17, 15) is 19.2 Å². The van der Waals surface area contributed by atoms with Crippen LogP contribution in [0.2, 0.25) is 10.0 Å². The minimum Gasteiger partial charge on any atom is -0.463 e. The first kappa shape index (κ1) is 30.5. The summed E-state index contributed by atoms with van der Waals surface area (Å²) in [5.41, 5.74) is 7.52. The van der Waals surface area contributed by atoms with Crippen LogP contribution in [0.25, 0.3) is 11.3 Å². The molecule has 0 saturated carbocycles. The van der Waals surface area contributed by atoms with Crippen molar-refractivity contribution < 1.29 is 23.9 Å². The molecule has 2 unspecified atom stereocenters. The summed E-state index contributed by atoms with van der Waals surface area (Å²) in [5.74, 6) is -2.17. The average molecular weight is 585 g/mol. The van der Waals surface area contributed by atoms with E-state index in [1.165, 1.54) is 12.2 Å². The van der Waals surface area contributed by atoms with Crippen molar-refractivity contribution in [3.63, 3.8) is 0 Å². The lowest BCUT2D eigenvalue weighted by molar-refractivity contribution is -0.137. The number of halogens is 2. The first-order valence-electron chi connectivity index (χ1n) is 12.6. The van der Waals surface area contributed by atoms with Crippen LogP contribution < -0.4 is 16.4 Å². The van der Waals surface area contributed by atoms with Crippen molar-refractivity contribution in [3.8, 4) is 11.3 Å². The van der Waals surface area contributed by atoms with Crippen molar-refractivity contribution in [2.24, 2.45) is 5.73 Å². The van der Waals surface area contributed by atoms with Crippen LogP contribution in [0, 0.1) is 0 Å². The van der Waals surface area contributed by atoms with Crippen LogP contribution in [0.3, 0.4) is 0 Å². The third-order valence-corrected chi connectivity index (χ3v) is 6.68. The van der Waals surface area contributed by atoms with Crippen LogP contribution in [0.5, 0.6) is 0 Å². The molecule has 210 valence electrons. The van der Waals surface area contributed by atoms with Gasteiger partial charge in [0.2, 0.25) is 11.8 Å². The summed E-state index contributed by atoms with van der Waals surface area (Å²) in [6, 6.07) is 15.9. The van der Waals surface area contributed by atoms with Gasteiger partial charge >= 0.3 is 5.97 Å². The van der Waals surface area contributed by atoms with Gasteiger partial charge in [0, 0.05) is 36.2 Å². The number of benzene rings is 2. The third kappa shape index (κ3) is 9.00. The molecule has 0 saturated heterocycles. The second kappa shape index (κ2) is 14.9. The van der Waals surface area contributed by atoms with Crippen molar-refractivity contribution in [2.45, 2.75) is 38.3 Å². The van der Waals surface area contributed by atoms with Gasteiger partial charge in [-0.15, -0.1) is 0 Å². The van der Waals surface area contributed by atoms with Crippen molar-refractivity contribution in [1.29, 1.82) is 0 Å². The topological polar surface area (TPSA) is 143 Å². The van der Waals surface area contributed by atoms with E-state index in [0.717, 1.165) is 5.56 Å². The molecule has 1 heterocycles. The van der Waals surface area contributed by atoms with E-state index in [4.69, 9.17) is 33.7 Å². The highest BCUT2D eigenvalue weighted by atomic mass is 35.5. The number of primary amides is 1. The van der Waals surface area contributed by atoms with Gasteiger partial charge < -0.3 is 26.1 Å². The van der Waals surface area contributed by atoms with E-state index in [0.29, 0.717) is 21.3 Å². The fourth-order valence-electron chi connectivity index (χ4n) is 3.87. The monoisotopic (exact) mass is 584 g/mol. The number of nitrogens with one attached hydrogen (secondary N) is 3. The molecule has 0 aliphatic carbocycles. The number of aromatic amines is 1. The molecule has 40 heavy (non-hydrogen) atoms. The van der Waals surface area contributed by atoms with Gasteiger partial charge in [0.1, 0.15) is 11.7 Å². The molecule has 0 aliphatic rings. The number of H-pyrrole nitrogens is 1. The molecule has 3 rings (SSSR count). The molecule has 0 spiro atoms. The number of nitrogens with two attached hydrogens (primary N) is 1. The van der Waals surface area contributed by atoms with Gasteiger partial charge in [-0.3, -0.25) is 14.4 Å². The minimum atomic E-state index is -0.983. The number of rotatable bonds is 13. The van der Waals surface area contributed by atoms with Crippen molar-refractivity contribution in [2.75, 3.05) is 6.61 Å². The van der Waals surface area contributed by atoms with Crippen molar-refractivity contribution >= 4 is 46.9 Å². The normalized spacial score (nSPS) is 12.5. The highest BCUT2D eigenvalue weighted by molar-refractivity contribution is 6.43. The maximum atomic E-state index is 13.4. The zero-order valence-corrected chi connectivity index (χ0v) is 23.3. The van der Waals surface area contributed by atoms with Gasteiger partial charge in [-0.25, -0.2) is 4.79 Å². The van der Waals surface area contributed by atoms with Gasteiger partial charge in [0.15, 0.2) is 0 Å². The van der Waals surface area contributed by atoms with Gasteiger partial charge in [-0.05, 0) is 37.1 Å². The van der Waals surface area contributed by atoms with Gasteiger partial charge in [-0.1, -0.05) is 71.7 Å². The Labute approximate surface area is 242 Å². The number of amides is 3. The molecule has 11 heteroatoms. The third-order valence-electron chi connectivity index (χ3n) is 5.86. The van der Waals surface area contributed by atoms with E-state index >= 15 is 0 Å². The van der Waals surface area contributed by atoms with Crippen LogP contribution in [0.1, 0.15) is 35.8 Å². The van der Waals surface area contributed by atoms with Gasteiger partial charge in [-0.2, -0.15) is 0 Å². The van der Waals surface area contributed by atoms with Crippen molar-refractivity contribution in [1.82, 2.24) is 15.6 Å². The van der Waals surface area contributed by atoms with Gasteiger partial charge in [0.05, 0.1) is 16.7 Å². The second-order valence-electron chi connectivity index (χ2n) is 8.83. The Morgan fingerprint density at radius 3 is 2.45 bits per heavy atom. The van der Waals surface area contributed by atoms with Crippen molar-refractivity contribution in [3.05, 3.63) is 94.1 Å². The Hall–Kier alpha value is -4.08. The summed E-state index contributed by atoms with van der Waals surface area (Å²) in [6.45, 7) is 1.86. The lowest BCUT2D eigenvalue weighted by Crippen LogP contribution is -2.50. The Morgan fingerprint density at radius 1 is 1.00 bits per heavy atom. The Balaban J connectivity index is 1.81. The van der Waals surface area contributed by atoms with Crippen LogP contribution in [-0.2, 0) is 25.5 Å². The van der Waals surface area contributed by atoms with E-state index in [2.05, 4.69) is 15.6 Å². The summed E-state index contributed by atoms with van der Waals surface area (Å²) in [7, 11) is 0. The van der Waals surface area contributed by atoms with E-state index in [1.807, 2.05) is 30.3 Å². The van der Waals surface area contributed by atoms with E-state index in [-0.39, 0.29) is 31.6 Å². The summed E-state index contributed by atoms with van der Waals surface area (Å²) >= 11 is 12.4. The first-order chi connectivity index (χ1) is 19.2. The Kier molecular flexibility index (Phi) is 11.4. The molecule has 0 radical (unpaired) electrons. The minimum absolute atomic E-state index is 0.0227. The predicted octanol–water partition coefficient (Wildman–Crippen LogP) is 4.20. The molecule has 3 aromatic rings.